The van der Waals surface area contributed by atoms with E-state index in [2.05, 4.69) is 57.0 Å². The smallest absolute Gasteiger partial charge is 0.407 e. The third-order valence-electron chi connectivity index (χ3n) is 12.5. The van der Waals surface area contributed by atoms with Crippen molar-refractivity contribution in [3.8, 4) is 28.1 Å². The number of ether oxygens (including phenoxy) is 3. The Hall–Kier alpha value is -6.12. The van der Waals surface area contributed by atoms with Crippen molar-refractivity contribution in [2.24, 2.45) is 0 Å². The normalized spacial score (nSPS) is 20.6. The lowest BCUT2D eigenvalue weighted by atomic mass is 9.92. The molecular formula is C45H54N8O7. The molecule has 5 heterocycles. The molecule has 0 aliphatic carbocycles. The van der Waals surface area contributed by atoms with Crippen LogP contribution in [0.25, 0.3) is 44.2 Å². The maximum absolute atomic E-state index is 13.9. The molecule has 5 aromatic rings. The Labute approximate surface area is 348 Å². The Morgan fingerprint density at radius 1 is 0.800 bits per heavy atom. The first-order valence-corrected chi connectivity index (χ1v) is 21.1. The number of amides is 4. The summed E-state index contributed by atoms with van der Waals surface area (Å²) in [5.74, 6) is 1.95. The van der Waals surface area contributed by atoms with Gasteiger partial charge in [-0.2, -0.15) is 0 Å². The van der Waals surface area contributed by atoms with Gasteiger partial charge in [0.2, 0.25) is 11.8 Å². The van der Waals surface area contributed by atoms with Crippen LogP contribution < -0.4 is 15.4 Å². The van der Waals surface area contributed by atoms with Gasteiger partial charge in [-0.1, -0.05) is 44.9 Å². The van der Waals surface area contributed by atoms with Crippen molar-refractivity contribution in [2.45, 2.75) is 122 Å². The van der Waals surface area contributed by atoms with Gasteiger partial charge >= 0.3 is 12.2 Å². The first kappa shape index (κ1) is 40.7. The van der Waals surface area contributed by atoms with Crippen LogP contribution in [0.5, 0.6) is 5.75 Å². The fourth-order valence-corrected chi connectivity index (χ4v) is 9.39. The molecule has 0 saturated carbocycles. The molecule has 0 bridgehead atoms. The van der Waals surface area contributed by atoms with Gasteiger partial charge in [0.15, 0.2) is 0 Å². The number of aromatic nitrogens is 4. The first-order chi connectivity index (χ1) is 29.0. The molecule has 316 valence electrons. The summed E-state index contributed by atoms with van der Waals surface area (Å²) >= 11 is 0. The molecular weight excluding hydrogens is 765 g/mol. The van der Waals surface area contributed by atoms with E-state index in [1.165, 1.54) is 14.2 Å². The number of likely N-dealkylation sites (tertiary alicyclic amines) is 2. The zero-order valence-corrected chi connectivity index (χ0v) is 35.1. The van der Waals surface area contributed by atoms with Crippen LogP contribution in [0.1, 0.15) is 108 Å². The van der Waals surface area contributed by atoms with Crippen LogP contribution in [0, 0.1) is 0 Å². The van der Waals surface area contributed by atoms with Gasteiger partial charge in [0.25, 0.3) is 0 Å². The zero-order valence-electron chi connectivity index (χ0n) is 35.1. The molecule has 4 amide bonds. The van der Waals surface area contributed by atoms with Crippen LogP contribution in [0.3, 0.4) is 0 Å². The van der Waals surface area contributed by atoms with E-state index in [0.29, 0.717) is 25.3 Å². The molecule has 8 rings (SSSR count). The standard InChI is InChI=1S/C45H54N8O7/c1-7-9-33(49-44(56)58-5)42(54)52-24(3)11-17-36(52)40-46-22-35(48-40)27-13-15-29-28(19-27)23-60-38-21-30-26(20-31(29)38)14-16-32-39(30)51-41(47-32)37-18-12-25(4)53(37)43(55)34(10-8-2)50-45(57)59-6/h13-16,19-22,24-25,33-34,36-37H,7-12,17-18,23H2,1-6H3,(H,46,48)(H,47,51)(H,49,56)(H,50,57). The minimum Gasteiger partial charge on any atom is -0.488 e. The SMILES string of the molecule is CCCC(NC(=O)OC)C(=O)N1C(C)CCC1c1ncc(-c2ccc3c(c2)COc2cc4c(ccc5[nH]c(C6CCC(C)N6C(=O)C(CCC)NC(=O)OC)nc54)cc2-3)[nH]1. The topological polar surface area (TPSA) is 184 Å². The van der Waals surface area contributed by atoms with Crippen LogP contribution in [0.15, 0.2) is 48.7 Å². The molecule has 0 radical (unpaired) electrons. The molecule has 6 atom stereocenters. The second-order valence-corrected chi connectivity index (χ2v) is 16.3. The molecule has 2 fully saturated rings. The maximum Gasteiger partial charge on any atom is 0.407 e. The summed E-state index contributed by atoms with van der Waals surface area (Å²) in [6.45, 7) is 8.43. The number of nitrogens with one attached hydrogen (secondary N) is 4. The van der Waals surface area contributed by atoms with E-state index in [0.717, 1.165) is 99.9 Å². The van der Waals surface area contributed by atoms with Gasteiger partial charge in [-0.3, -0.25) is 9.59 Å². The third kappa shape index (κ3) is 7.49. The summed E-state index contributed by atoms with van der Waals surface area (Å²) in [4.78, 5) is 72.5. The lowest BCUT2D eigenvalue weighted by molar-refractivity contribution is -0.137. The van der Waals surface area contributed by atoms with E-state index in [1.54, 1.807) is 0 Å². The van der Waals surface area contributed by atoms with Crippen molar-refractivity contribution in [2.75, 3.05) is 14.2 Å². The van der Waals surface area contributed by atoms with Crippen LogP contribution >= 0.6 is 0 Å². The molecule has 60 heavy (non-hydrogen) atoms. The highest BCUT2D eigenvalue weighted by atomic mass is 16.5. The number of benzene rings is 3. The summed E-state index contributed by atoms with van der Waals surface area (Å²) in [5.41, 5.74) is 6.62. The van der Waals surface area contributed by atoms with Crippen LogP contribution in [-0.2, 0) is 25.7 Å². The first-order valence-electron chi connectivity index (χ1n) is 21.1. The lowest BCUT2D eigenvalue weighted by Gasteiger charge is -2.31. The van der Waals surface area contributed by atoms with Crippen molar-refractivity contribution in [3.63, 3.8) is 0 Å². The van der Waals surface area contributed by atoms with E-state index in [9.17, 15) is 19.2 Å². The third-order valence-corrected chi connectivity index (χ3v) is 12.5. The zero-order chi connectivity index (χ0) is 42.2. The molecule has 6 unspecified atom stereocenters. The number of nitrogens with zero attached hydrogens (tertiary/aromatic N) is 4. The Kier molecular flexibility index (Phi) is 11.4. The maximum atomic E-state index is 13.9. The van der Waals surface area contributed by atoms with Crippen molar-refractivity contribution < 1.29 is 33.4 Å². The highest BCUT2D eigenvalue weighted by Crippen LogP contribution is 2.44. The average molecular weight is 819 g/mol. The summed E-state index contributed by atoms with van der Waals surface area (Å²) in [6.07, 6.45) is 6.25. The fourth-order valence-electron chi connectivity index (χ4n) is 9.39. The minimum absolute atomic E-state index is 0.00294. The molecule has 3 aliphatic rings. The van der Waals surface area contributed by atoms with E-state index in [4.69, 9.17) is 24.2 Å². The van der Waals surface area contributed by atoms with Crippen LogP contribution in [0.4, 0.5) is 9.59 Å². The number of carbonyl (C=O) groups is 4. The average Bonchev–Trinajstić information content (AvgIpc) is 4.07. The molecule has 2 aromatic heterocycles. The Morgan fingerprint density at radius 2 is 1.43 bits per heavy atom. The van der Waals surface area contributed by atoms with Crippen LogP contribution in [0.2, 0.25) is 0 Å². The van der Waals surface area contributed by atoms with Crippen molar-refractivity contribution in [3.05, 3.63) is 65.9 Å². The molecule has 3 aromatic carbocycles. The number of rotatable bonds is 11. The van der Waals surface area contributed by atoms with Crippen molar-refractivity contribution in [1.82, 2.24) is 40.4 Å². The summed E-state index contributed by atoms with van der Waals surface area (Å²) in [6, 6.07) is 12.8. The highest BCUT2D eigenvalue weighted by molar-refractivity contribution is 6.07. The van der Waals surface area contributed by atoms with Gasteiger partial charge in [0.05, 0.1) is 49.2 Å². The largest absolute Gasteiger partial charge is 0.488 e. The molecule has 4 N–H and O–H groups in total. The van der Waals surface area contributed by atoms with Crippen molar-refractivity contribution >= 4 is 45.8 Å². The summed E-state index contributed by atoms with van der Waals surface area (Å²) in [5, 5.41) is 7.44. The Bertz CT molecular complexity index is 2440. The summed E-state index contributed by atoms with van der Waals surface area (Å²) < 4.78 is 16.0. The molecule has 0 spiro atoms. The Balaban J connectivity index is 1.04. The quantitative estimate of drug-likeness (QED) is 0.103. The second-order valence-electron chi connectivity index (χ2n) is 16.3. The van der Waals surface area contributed by atoms with E-state index < -0.39 is 24.3 Å². The van der Waals surface area contributed by atoms with E-state index >= 15 is 0 Å². The van der Waals surface area contributed by atoms with Gasteiger partial charge in [0.1, 0.15) is 36.1 Å². The molecule has 15 heteroatoms. The number of hydrogen-bond donors (Lipinski definition) is 4. The number of alkyl carbamates (subject to hydrolysis) is 2. The number of hydrogen-bond acceptors (Lipinski definition) is 9. The molecule has 15 nitrogen and oxygen atoms in total. The van der Waals surface area contributed by atoms with Gasteiger partial charge in [-0.15, -0.1) is 0 Å². The number of H-pyrrole nitrogens is 2. The lowest BCUT2D eigenvalue weighted by Crippen LogP contribution is -2.50. The predicted octanol–water partition coefficient (Wildman–Crippen LogP) is 7.82. The fraction of sp³-hybridized carbons (Fsp3) is 0.467. The van der Waals surface area contributed by atoms with E-state index in [-0.39, 0.29) is 36.0 Å². The number of carbonyl (C=O) groups excluding carboxylic acids is 4. The monoisotopic (exact) mass is 818 g/mol. The highest BCUT2D eigenvalue weighted by Gasteiger charge is 2.41. The number of imidazole rings is 2. The second kappa shape index (κ2) is 16.9. The van der Waals surface area contributed by atoms with Crippen LogP contribution in [-0.4, -0.2) is 92.1 Å². The van der Waals surface area contributed by atoms with E-state index in [1.807, 2.05) is 49.8 Å². The number of aromatic amines is 2. The molecule has 3 aliphatic heterocycles. The van der Waals surface area contributed by atoms with Gasteiger partial charge in [-0.05, 0) is 98.7 Å². The van der Waals surface area contributed by atoms with Crippen molar-refractivity contribution in [1.29, 1.82) is 0 Å². The number of methoxy groups -OCH3 is 2. The minimum atomic E-state index is -0.679. The molecule has 2 saturated heterocycles. The van der Waals surface area contributed by atoms with Gasteiger partial charge < -0.3 is 44.6 Å². The summed E-state index contributed by atoms with van der Waals surface area (Å²) in [7, 11) is 2.60. The number of fused-ring (bicyclic) bond motifs is 6. The Morgan fingerprint density at radius 3 is 2.05 bits per heavy atom. The predicted molar refractivity (Wildman–Crippen MR) is 226 cm³/mol. The van der Waals surface area contributed by atoms with Gasteiger partial charge in [-0.25, -0.2) is 19.6 Å². The van der Waals surface area contributed by atoms with Gasteiger partial charge in [0, 0.05) is 23.0 Å².